The standard InChI is InChI=1S/C14H11O.C5H5.C3H6.2ClH.Zr/c1-15-12-7-6-11-8-10-4-2-3-5-13(10)14(11)9-12;1-2-4-5-3-1;1-3-2;;;/h2-5,7,9H,8H2,1H3;1-5H;1-2H3;2*1H;/q2*-1;;;;+2/p-2. The van der Waals surface area contributed by atoms with Gasteiger partial charge in [0, 0.05) is 5.75 Å². The van der Waals surface area contributed by atoms with Crippen LogP contribution in [0, 0.1) is 6.07 Å². The molecule has 0 bridgehead atoms. The van der Waals surface area contributed by atoms with E-state index in [1.807, 2.05) is 36.4 Å². The summed E-state index contributed by atoms with van der Waals surface area (Å²) in [5.74, 6) is 0.880. The van der Waals surface area contributed by atoms with Crippen molar-refractivity contribution >= 4 is 3.21 Å². The molecule has 4 heteroatoms. The van der Waals surface area contributed by atoms with Crippen molar-refractivity contribution in [3.8, 4) is 16.9 Å². The molecule has 0 radical (unpaired) electrons. The first-order valence-electron chi connectivity index (χ1n) is 7.97. The van der Waals surface area contributed by atoms with E-state index in [-0.39, 0.29) is 24.8 Å². The van der Waals surface area contributed by atoms with Gasteiger partial charge in [-0.05, 0) is 6.42 Å². The minimum Gasteiger partial charge on any atom is -1.00 e. The number of hydrogen-bond donors (Lipinski definition) is 0. The molecule has 0 unspecified atom stereocenters. The fourth-order valence-corrected chi connectivity index (χ4v) is 2.46. The Labute approximate surface area is 184 Å². The average molecular weight is 465 g/mol. The van der Waals surface area contributed by atoms with Crippen LogP contribution in [0.25, 0.3) is 11.1 Å². The average Bonchev–Trinajstić information content (AvgIpc) is 3.25. The molecular formula is C22H22Cl2OZr-2. The Hall–Kier alpha value is -1.08. The summed E-state index contributed by atoms with van der Waals surface area (Å²) in [7, 11) is 1.69. The molecule has 0 aromatic heterocycles. The van der Waals surface area contributed by atoms with E-state index < -0.39 is 0 Å². The summed E-state index contributed by atoms with van der Waals surface area (Å²) >= 11 is 1.55. The summed E-state index contributed by atoms with van der Waals surface area (Å²) in [5, 5.41) is 0. The van der Waals surface area contributed by atoms with Crippen LogP contribution >= 0.6 is 0 Å². The molecular weight excluding hydrogens is 442 g/mol. The molecule has 0 fully saturated rings. The molecule has 136 valence electrons. The third kappa shape index (κ3) is 7.66. The predicted molar refractivity (Wildman–Crippen MR) is 98.5 cm³/mol. The first-order valence-corrected chi connectivity index (χ1v) is 9.20. The quantitative estimate of drug-likeness (QED) is 0.336. The maximum Gasteiger partial charge on any atom is -0.172 e. The van der Waals surface area contributed by atoms with E-state index in [4.69, 9.17) is 4.74 Å². The molecule has 0 saturated heterocycles. The molecule has 0 amide bonds. The fraction of sp³-hybridized carbons (Fsp3) is 0.182. The maximum atomic E-state index is 5.22. The van der Waals surface area contributed by atoms with E-state index in [9.17, 15) is 0 Å². The second kappa shape index (κ2) is 13.1. The van der Waals surface area contributed by atoms with Crippen LogP contribution in [-0.4, -0.2) is 10.3 Å². The zero-order chi connectivity index (χ0) is 17.4. The number of fused-ring (bicyclic) bond motifs is 3. The van der Waals surface area contributed by atoms with E-state index in [1.54, 1.807) is 31.3 Å². The third-order valence-electron chi connectivity index (χ3n) is 3.47. The Bertz CT molecular complexity index is 761. The van der Waals surface area contributed by atoms with Crippen molar-refractivity contribution in [1.82, 2.24) is 0 Å². The van der Waals surface area contributed by atoms with E-state index in [0.717, 1.165) is 12.2 Å². The van der Waals surface area contributed by atoms with Gasteiger partial charge in [0.25, 0.3) is 0 Å². The maximum absolute atomic E-state index is 5.22. The van der Waals surface area contributed by atoms with Gasteiger partial charge in [-0.1, -0.05) is 35.4 Å². The molecule has 0 heterocycles. The van der Waals surface area contributed by atoms with Crippen LogP contribution in [0.15, 0.2) is 66.7 Å². The molecule has 26 heavy (non-hydrogen) atoms. The fourth-order valence-electron chi connectivity index (χ4n) is 2.46. The molecule has 0 spiro atoms. The second-order valence-corrected chi connectivity index (χ2v) is 8.19. The molecule has 1 aliphatic carbocycles. The molecule has 0 aliphatic heterocycles. The monoisotopic (exact) mass is 462 g/mol. The molecule has 4 rings (SSSR count). The number of ether oxygens (including phenoxy) is 1. The van der Waals surface area contributed by atoms with Crippen LogP contribution in [0.2, 0.25) is 0 Å². The van der Waals surface area contributed by atoms with Crippen molar-refractivity contribution in [3.05, 3.63) is 83.9 Å². The number of methoxy groups -OCH3 is 1. The van der Waals surface area contributed by atoms with Crippen LogP contribution in [0.3, 0.4) is 0 Å². The van der Waals surface area contributed by atoms with Gasteiger partial charge >= 0.3 is 41.3 Å². The smallest absolute Gasteiger partial charge is 0.172 e. The van der Waals surface area contributed by atoms with E-state index in [1.165, 1.54) is 25.5 Å². The number of rotatable bonds is 1. The van der Waals surface area contributed by atoms with Gasteiger partial charge in [-0.15, -0.1) is 23.3 Å². The van der Waals surface area contributed by atoms with E-state index >= 15 is 0 Å². The summed E-state index contributed by atoms with van der Waals surface area (Å²) in [4.78, 5) is 0. The summed E-state index contributed by atoms with van der Waals surface area (Å²) in [6.07, 6.45) is 0.996. The van der Waals surface area contributed by atoms with Gasteiger partial charge in [0.2, 0.25) is 0 Å². The Balaban J connectivity index is 0.000000480. The minimum atomic E-state index is 0. The first kappa shape index (κ1) is 24.9. The topological polar surface area (TPSA) is 9.23 Å². The van der Waals surface area contributed by atoms with Gasteiger partial charge in [0.05, 0.1) is 7.11 Å². The first-order chi connectivity index (χ1) is 11.6. The Morgan fingerprint density at radius 2 is 1.65 bits per heavy atom. The number of hydrogen-bond acceptors (Lipinski definition) is 1. The van der Waals surface area contributed by atoms with Gasteiger partial charge in [-0.3, -0.25) is 0 Å². The predicted octanol–water partition coefficient (Wildman–Crippen LogP) is -0.775. The molecule has 0 N–H and O–H groups in total. The van der Waals surface area contributed by atoms with Crippen LogP contribution in [-0.2, 0) is 30.7 Å². The number of benzene rings is 2. The molecule has 1 nitrogen and oxygen atoms in total. The summed E-state index contributed by atoms with van der Waals surface area (Å²) < 4.78 is 6.73. The minimum absolute atomic E-state index is 0. The van der Waals surface area contributed by atoms with Crippen LogP contribution in [0.1, 0.15) is 25.0 Å². The van der Waals surface area contributed by atoms with Crippen LogP contribution < -0.4 is 29.6 Å². The van der Waals surface area contributed by atoms with Crippen LogP contribution in [0.5, 0.6) is 5.75 Å². The summed E-state index contributed by atoms with van der Waals surface area (Å²) in [6, 6.07) is 25.8. The summed E-state index contributed by atoms with van der Waals surface area (Å²) in [6.45, 7) is 4.25. The SMILES string of the molecule is COc1c[c-]c2c(c1)-c1ccccc1C2.C[C](C)=[Zr+2].[Cl-].[Cl-].c1cc[cH-]c1. The largest absolute Gasteiger partial charge is 1.00 e. The van der Waals surface area contributed by atoms with E-state index in [2.05, 4.69) is 50.2 Å². The molecule has 3 aromatic rings. The van der Waals surface area contributed by atoms with Crippen LogP contribution in [0.4, 0.5) is 0 Å². The van der Waals surface area contributed by atoms with Gasteiger partial charge < -0.3 is 29.6 Å². The van der Waals surface area contributed by atoms with E-state index in [0.29, 0.717) is 0 Å². The van der Waals surface area contributed by atoms with Crippen molar-refractivity contribution in [2.24, 2.45) is 0 Å². The van der Waals surface area contributed by atoms with Gasteiger partial charge in [-0.2, -0.15) is 24.3 Å². The normalized spacial score (nSPS) is 9.58. The zero-order valence-corrected chi connectivity index (χ0v) is 19.2. The zero-order valence-electron chi connectivity index (χ0n) is 15.2. The van der Waals surface area contributed by atoms with Crippen molar-refractivity contribution in [1.29, 1.82) is 0 Å². The molecule has 1 aliphatic rings. The second-order valence-electron chi connectivity index (χ2n) is 5.73. The van der Waals surface area contributed by atoms with Crippen molar-refractivity contribution in [2.75, 3.05) is 7.11 Å². The van der Waals surface area contributed by atoms with Gasteiger partial charge in [-0.25, -0.2) is 12.1 Å². The van der Waals surface area contributed by atoms with Crippen molar-refractivity contribution < 1.29 is 53.8 Å². The Morgan fingerprint density at radius 3 is 2.19 bits per heavy atom. The molecule has 0 saturated carbocycles. The molecule has 3 aromatic carbocycles. The van der Waals surface area contributed by atoms with Crippen molar-refractivity contribution in [3.63, 3.8) is 0 Å². The van der Waals surface area contributed by atoms with Crippen molar-refractivity contribution in [2.45, 2.75) is 20.3 Å². The number of halogens is 2. The van der Waals surface area contributed by atoms with Gasteiger partial charge in [0.15, 0.2) is 0 Å². The molecule has 0 atom stereocenters. The summed E-state index contributed by atoms with van der Waals surface area (Å²) in [5.41, 5.74) is 5.25. The Morgan fingerprint density at radius 1 is 1.04 bits per heavy atom. The Kier molecular flexibility index (Phi) is 12.6. The third-order valence-corrected chi connectivity index (χ3v) is 3.47. The van der Waals surface area contributed by atoms with Gasteiger partial charge in [0.1, 0.15) is 0 Å².